The highest BCUT2D eigenvalue weighted by Crippen LogP contribution is 2.42. The van der Waals surface area contributed by atoms with Gasteiger partial charge in [0.25, 0.3) is 5.91 Å². The summed E-state index contributed by atoms with van der Waals surface area (Å²) in [5, 5.41) is 3.04. The average Bonchev–Trinajstić information content (AvgIpc) is 3.35. The summed E-state index contributed by atoms with van der Waals surface area (Å²) in [6.07, 6.45) is 1.57. The van der Waals surface area contributed by atoms with Crippen LogP contribution in [0.2, 0.25) is 0 Å². The van der Waals surface area contributed by atoms with Gasteiger partial charge in [-0.1, -0.05) is 18.2 Å². The van der Waals surface area contributed by atoms with Crippen molar-refractivity contribution in [3.63, 3.8) is 0 Å². The average molecular weight is 414 g/mol. The molecule has 29 heavy (non-hydrogen) atoms. The molecule has 0 aromatic heterocycles. The molecular formula is C21H22N2O5S. The molecule has 2 aromatic carbocycles. The van der Waals surface area contributed by atoms with Gasteiger partial charge in [-0.25, -0.2) is 8.42 Å². The largest absolute Gasteiger partial charge is 0.486 e. The van der Waals surface area contributed by atoms with Gasteiger partial charge >= 0.3 is 0 Å². The fourth-order valence-electron chi connectivity index (χ4n) is 4.57. The molecule has 3 atom stereocenters. The zero-order chi connectivity index (χ0) is 20.0. The second-order valence-electron chi connectivity index (χ2n) is 7.73. The molecule has 1 N–H and O–H groups in total. The summed E-state index contributed by atoms with van der Waals surface area (Å²) < 4.78 is 39.2. The number of sulfonamides is 1. The van der Waals surface area contributed by atoms with Gasteiger partial charge in [-0.05, 0) is 43.0 Å². The van der Waals surface area contributed by atoms with Gasteiger partial charge in [-0.2, -0.15) is 4.31 Å². The third kappa shape index (κ3) is 3.26. The summed E-state index contributed by atoms with van der Waals surface area (Å²) in [6, 6.07) is 13.3. The van der Waals surface area contributed by atoms with Gasteiger partial charge in [0.05, 0.1) is 4.90 Å². The summed E-state index contributed by atoms with van der Waals surface area (Å²) in [5.74, 6) is 1.11. The van der Waals surface area contributed by atoms with Crippen LogP contribution in [0.15, 0.2) is 53.4 Å². The van der Waals surface area contributed by atoms with E-state index in [2.05, 4.69) is 5.32 Å². The van der Waals surface area contributed by atoms with Gasteiger partial charge in [-0.3, -0.25) is 4.79 Å². The van der Waals surface area contributed by atoms with Crippen molar-refractivity contribution >= 4 is 15.9 Å². The van der Waals surface area contributed by atoms with E-state index in [0.717, 1.165) is 12.8 Å². The first-order valence-electron chi connectivity index (χ1n) is 9.80. The number of rotatable bonds is 4. The summed E-state index contributed by atoms with van der Waals surface area (Å²) >= 11 is 0. The van der Waals surface area contributed by atoms with Crippen LogP contribution in [0, 0.1) is 5.92 Å². The Morgan fingerprint density at radius 1 is 1.00 bits per heavy atom. The minimum absolute atomic E-state index is 0.167. The Bertz CT molecular complexity index is 1040. The second kappa shape index (κ2) is 7.03. The highest BCUT2D eigenvalue weighted by atomic mass is 32.2. The standard InChI is InChI=1S/C21H22N2O5S/c24-21(15-4-2-1-3-5-15)22-17-10-14-11-18(17)23(13-14)29(25,26)16-6-7-19-20(12-16)28-9-8-27-19/h1-7,12,14,17-18H,8-11,13H2,(H,22,24)/t14-,17+,18-/m1/s1. The molecule has 1 saturated heterocycles. The van der Waals surface area contributed by atoms with E-state index < -0.39 is 10.0 Å². The van der Waals surface area contributed by atoms with Gasteiger partial charge in [0.1, 0.15) is 13.2 Å². The van der Waals surface area contributed by atoms with E-state index in [1.54, 1.807) is 28.6 Å². The fraction of sp³-hybridized carbons (Fsp3) is 0.381. The Morgan fingerprint density at radius 3 is 2.52 bits per heavy atom. The molecular weight excluding hydrogens is 392 g/mol. The zero-order valence-corrected chi connectivity index (χ0v) is 16.6. The van der Waals surface area contributed by atoms with Crippen LogP contribution in [0.3, 0.4) is 0 Å². The molecule has 152 valence electrons. The van der Waals surface area contributed by atoms with Crippen molar-refractivity contribution in [1.82, 2.24) is 9.62 Å². The first-order valence-corrected chi connectivity index (χ1v) is 11.2. The predicted molar refractivity (Wildman–Crippen MR) is 106 cm³/mol. The van der Waals surface area contributed by atoms with Crippen LogP contribution >= 0.6 is 0 Å². The molecule has 2 fully saturated rings. The maximum Gasteiger partial charge on any atom is 0.251 e. The number of ether oxygens (including phenoxy) is 2. The molecule has 0 unspecified atom stereocenters. The molecule has 1 amide bonds. The van der Waals surface area contributed by atoms with Crippen LogP contribution < -0.4 is 14.8 Å². The summed E-state index contributed by atoms with van der Waals surface area (Å²) in [7, 11) is -3.69. The van der Waals surface area contributed by atoms with Gasteiger partial charge < -0.3 is 14.8 Å². The summed E-state index contributed by atoms with van der Waals surface area (Å²) in [4.78, 5) is 12.8. The molecule has 2 heterocycles. The lowest BCUT2D eigenvalue weighted by atomic mass is 10.1. The second-order valence-corrected chi connectivity index (χ2v) is 9.62. The third-order valence-corrected chi connectivity index (χ3v) is 7.79. The Balaban J connectivity index is 1.37. The monoisotopic (exact) mass is 414 g/mol. The van der Waals surface area contributed by atoms with Crippen molar-refractivity contribution in [2.24, 2.45) is 5.92 Å². The van der Waals surface area contributed by atoms with Crippen molar-refractivity contribution in [2.45, 2.75) is 29.8 Å². The quantitative estimate of drug-likeness (QED) is 0.828. The van der Waals surface area contributed by atoms with E-state index in [1.807, 2.05) is 18.2 Å². The Hall–Kier alpha value is -2.58. The van der Waals surface area contributed by atoms with Gasteiger partial charge in [0, 0.05) is 30.3 Å². The SMILES string of the molecule is O=C(N[C@H]1C[C@@H]2C[C@H]1N(S(=O)(=O)c1ccc3c(c1)OCCO3)C2)c1ccccc1. The number of hydrogen-bond donors (Lipinski definition) is 1. The Labute approximate surface area is 169 Å². The normalized spacial score (nSPS) is 25.7. The lowest BCUT2D eigenvalue weighted by molar-refractivity contribution is 0.0917. The van der Waals surface area contributed by atoms with E-state index in [-0.39, 0.29) is 28.8 Å². The van der Waals surface area contributed by atoms with Crippen molar-refractivity contribution in [3.05, 3.63) is 54.1 Å². The van der Waals surface area contributed by atoms with E-state index in [9.17, 15) is 13.2 Å². The smallest absolute Gasteiger partial charge is 0.251 e. The molecule has 5 rings (SSSR count). The molecule has 1 saturated carbocycles. The highest BCUT2D eigenvalue weighted by Gasteiger charge is 2.50. The molecule has 2 bridgehead atoms. The van der Waals surface area contributed by atoms with Crippen LogP contribution in [0.4, 0.5) is 0 Å². The van der Waals surface area contributed by atoms with Crippen LogP contribution in [0.5, 0.6) is 11.5 Å². The molecule has 2 aromatic rings. The Kier molecular flexibility index (Phi) is 4.48. The maximum absolute atomic E-state index is 13.3. The van der Waals surface area contributed by atoms with Crippen molar-refractivity contribution < 1.29 is 22.7 Å². The number of fused-ring (bicyclic) bond motifs is 3. The van der Waals surface area contributed by atoms with Crippen molar-refractivity contribution in [2.75, 3.05) is 19.8 Å². The van der Waals surface area contributed by atoms with Crippen LogP contribution in [-0.4, -0.2) is 50.5 Å². The van der Waals surface area contributed by atoms with E-state index in [4.69, 9.17) is 9.47 Å². The van der Waals surface area contributed by atoms with E-state index in [1.165, 1.54) is 6.07 Å². The number of piperidine rings is 1. The molecule has 1 aliphatic carbocycles. The number of nitrogens with zero attached hydrogens (tertiary/aromatic N) is 1. The lowest BCUT2D eigenvalue weighted by Gasteiger charge is -2.33. The predicted octanol–water partition coefficient (Wildman–Crippen LogP) is 2.04. The Morgan fingerprint density at radius 2 is 1.76 bits per heavy atom. The number of nitrogens with one attached hydrogen (secondary N) is 1. The van der Waals surface area contributed by atoms with Crippen LogP contribution in [-0.2, 0) is 10.0 Å². The zero-order valence-electron chi connectivity index (χ0n) is 15.8. The van der Waals surface area contributed by atoms with E-state index in [0.29, 0.717) is 36.8 Å². The first-order chi connectivity index (χ1) is 14.0. The molecule has 7 nitrogen and oxygen atoms in total. The lowest BCUT2D eigenvalue weighted by Crippen LogP contribution is -2.51. The fourth-order valence-corrected chi connectivity index (χ4v) is 6.33. The van der Waals surface area contributed by atoms with Gasteiger partial charge in [-0.15, -0.1) is 0 Å². The van der Waals surface area contributed by atoms with Gasteiger partial charge in [0.2, 0.25) is 10.0 Å². The maximum atomic E-state index is 13.3. The van der Waals surface area contributed by atoms with Crippen molar-refractivity contribution in [3.8, 4) is 11.5 Å². The highest BCUT2D eigenvalue weighted by molar-refractivity contribution is 7.89. The minimum Gasteiger partial charge on any atom is -0.486 e. The molecule has 2 aliphatic heterocycles. The molecule has 0 spiro atoms. The van der Waals surface area contributed by atoms with Crippen LogP contribution in [0.1, 0.15) is 23.2 Å². The van der Waals surface area contributed by atoms with Crippen LogP contribution in [0.25, 0.3) is 0 Å². The number of hydrogen-bond acceptors (Lipinski definition) is 5. The van der Waals surface area contributed by atoms with E-state index >= 15 is 0 Å². The molecule has 3 aliphatic rings. The number of carbonyl (C=O) groups is 1. The molecule has 8 heteroatoms. The first kappa shape index (κ1) is 18.4. The summed E-state index contributed by atoms with van der Waals surface area (Å²) in [6.45, 7) is 1.34. The van der Waals surface area contributed by atoms with Gasteiger partial charge in [0.15, 0.2) is 11.5 Å². The number of benzene rings is 2. The number of amides is 1. The number of carbonyl (C=O) groups excluding carboxylic acids is 1. The molecule has 0 radical (unpaired) electrons. The minimum atomic E-state index is -3.69. The van der Waals surface area contributed by atoms with Crippen molar-refractivity contribution in [1.29, 1.82) is 0 Å². The third-order valence-electron chi connectivity index (χ3n) is 5.91. The topological polar surface area (TPSA) is 84.9 Å². The summed E-state index contributed by atoms with van der Waals surface area (Å²) in [5.41, 5.74) is 0.580.